The SMILES string of the molecule is O=C(O)C(=Cc1ccccc1)c1ccc(F)cc1. The van der Waals surface area contributed by atoms with E-state index in [0.717, 1.165) is 5.56 Å². The highest BCUT2D eigenvalue weighted by molar-refractivity contribution is 6.20. The molecule has 0 bridgehead atoms. The predicted molar refractivity (Wildman–Crippen MR) is 68.3 cm³/mol. The van der Waals surface area contributed by atoms with E-state index in [1.807, 2.05) is 30.3 Å². The van der Waals surface area contributed by atoms with Crippen LogP contribution in [0.1, 0.15) is 11.1 Å². The first-order chi connectivity index (χ1) is 8.66. The van der Waals surface area contributed by atoms with Gasteiger partial charge >= 0.3 is 5.97 Å². The molecule has 2 nitrogen and oxygen atoms in total. The molecule has 0 aliphatic rings. The topological polar surface area (TPSA) is 37.3 Å². The van der Waals surface area contributed by atoms with Gasteiger partial charge < -0.3 is 5.11 Å². The second-order valence-electron chi connectivity index (χ2n) is 3.78. The molecular formula is C15H11FO2. The van der Waals surface area contributed by atoms with E-state index < -0.39 is 5.97 Å². The highest BCUT2D eigenvalue weighted by atomic mass is 19.1. The standard InChI is InChI=1S/C15H11FO2/c16-13-8-6-12(7-9-13)14(15(17)18)10-11-4-2-1-3-5-11/h1-10H,(H,17,18). The zero-order valence-corrected chi connectivity index (χ0v) is 9.51. The summed E-state index contributed by atoms with van der Waals surface area (Å²) in [7, 11) is 0. The van der Waals surface area contributed by atoms with Crippen LogP contribution in [0.2, 0.25) is 0 Å². The molecule has 2 rings (SSSR count). The monoisotopic (exact) mass is 242 g/mol. The van der Waals surface area contributed by atoms with Crippen molar-refractivity contribution in [3.8, 4) is 0 Å². The number of aliphatic carboxylic acids is 1. The summed E-state index contributed by atoms with van der Waals surface area (Å²) in [6.07, 6.45) is 1.57. The number of hydrogen-bond donors (Lipinski definition) is 1. The van der Waals surface area contributed by atoms with Gasteiger partial charge in [-0.05, 0) is 29.3 Å². The Hall–Kier alpha value is -2.42. The minimum Gasteiger partial charge on any atom is -0.478 e. The van der Waals surface area contributed by atoms with Crippen molar-refractivity contribution in [3.05, 3.63) is 71.5 Å². The van der Waals surface area contributed by atoms with Crippen molar-refractivity contribution in [2.24, 2.45) is 0 Å². The molecule has 0 aromatic heterocycles. The van der Waals surface area contributed by atoms with Gasteiger partial charge in [-0.2, -0.15) is 0 Å². The van der Waals surface area contributed by atoms with Crippen LogP contribution >= 0.6 is 0 Å². The van der Waals surface area contributed by atoms with Crippen LogP contribution < -0.4 is 0 Å². The molecule has 0 amide bonds. The van der Waals surface area contributed by atoms with Crippen molar-refractivity contribution in [2.75, 3.05) is 0 Å². The van der Waals surface area contributed by atoms with Crippen LogP contribution in [0.5, 0.6) is 0 Å². The number of hydrogen-bond acceptors (Lipinski definition) is 1. The molecule has 0 saturated carbocycles. The summed E-state index contributed by atoms with van der Waals surface area (Å²) in [6, 6.07) is 14.5. The Kier molecular flexibility index (Phi) is 3.53. The van der Waals surface area contributed by atoms with Crippen LogP contribution in [0.3, 0.4) is 0 Å². The molecular weight excluding hydrogens is 231 g/mol. The van der Waals surface area contributed by atoms with E-state index in [2.05, 4.69) is 0 Å². The number of benzene rings is 2. The van der Waals surface area contributed by atoms with Gasteiger partial charge in [0.2, 0.25) is 0 Å². The lowest BCUT2D eigenvalue weighted by Gasteiger charge is -2.03. The normalized spacial score (nSPS) is 11.3. The quantitative estimate of drug-likeness (QED) is 0.661. The molecule has 3 heteroatoms. The average Bonchev–Trinajstić information content (AvgIpc) is 2.38. The zero-order valence-electron chi connectivity index (χ0n) is 9.51. The molecule has 0 aliphatic carbocycles. The maximum atomic E-state index is 12.8. The summed E-state index contributed by atoms with van der Waals surface area (Å²) in [5, 5.41) is 9.20. The van der Waals surface area contributed by atoms with Gasteiger partial charge in [0.05, 0.1) is 5.57 Å². The Morgan fingerprint density at radius 1 is 1.00 bits per heavy atom. The lowest BCUT2D eigenvalue weighted by molar-refractivity contribution is -0.130. The highest BCUT2D eigenvalue weighted by Crippen LogP contribution is 2.19. The van der Waals surface area contributed by atoms with Gasteiger partial charge in [0.15, 0.2) is 0 Å². The fourth-order valence-corrected chi connectivity index (χ4v) is 1.61. The average molecular weight is 242 g/mol. The first-order valence-electron chi connectivity index (χ1n) is 5.43. The maximum absolute atomic E-state index is 12.8. The van der Waals surface area contributed by atoms with Crippen LogP contribution in [0.25, 0.3) is 11.6 Å². The molecule has 2 aromatic carbocycles. The fourth-order valence-electron chi connectivity index (χ4n) is 1.61. The van der Waals surface area contributed by atoms with E-state index in [-0.39, 0.29) is 11.4 Å². The van der Waals surface area contributed by atoms with Crippen molar-refractivity contribution in [1.29, 1.82) is 0 Å². The maximum Gasteiger partial charge on any atom is 0.336 e. The summed E-state index contributed by atoms with van der Waals surface area (Å²) < 4.78 is 12.8. The summed E-state index contributed by atoms with van der Waals surface area (Å²) in [6.45, 7) is 0. The van der Waals surface area contributed by atoms with E-state index in [1.54, 1.807) is 6.08 Å². The van der Waals surface area contributed by atoms with Gasteiger partial charge in [-0.25, -0.2) is 9.18 Å². The summed E-state index contributed by atoms with van der Waals surface area (Å²) in [4.78, 5) is 11.2. The molecule has 90 valence electrons. The molecule has 0 fully saturated rings. The molecule has 0 aliphatic heterocycles. The van der Waals surface area contributed by atoms with E-state index in [1.165, 1.54) is 24.3 Å². The first-order valence-corrected chi connectivity index (χ1v) is 5.43. The molecule has 0 radical (unpaired) electrons. The predicted octanol–water partition coefficient (Wildman–Crippen LogP) is 3.45. The van der Waals surface area contributed by atoms with Crippen molar-refractivity contribution in [3.63, 3.8) is 0 Å². The van der Waals surface area contributed by atoms with Crippen LogP contribution in [0.15, 0.2) is 54.6 Å². The molecule has 2 aromatic rings. The van der Waals surface area contributed by atoms with Crippen LogP contribution in [0, 0.1) is 5.82 Å². The highest BCUT2D eigenvalue weighted by Gasteiger charge is 2.10. The number of carbonyl (C=O) groups is 1. The Labute approximate surface area is 104 Å². The van der Waals surface area contributed by atoms with Gasteiger partial charge in [-0.3, -0.25) is 0 Å². The lowest BCUT2D eigenvalue weighted by atomic mass is 10.0. The van der Waals surface area contributed by atoms with Gasteiger partial charge in [0, 0.05) is 0 Å². The second kappa shape index (κ2) is 5.27. The largest absolute Gasteiger partial charge is 0.478 e. The third-order valence-electron chi connectivity index (χ3n) is 2.50. The summed E-state index contributed by atoms with van der Waals surface area (Å²) in [5.41, 5.74) is 1.41. The van der Waals surface area contributed by atoms with E-state index in [9.17, 15) is 14.3 Å². The lowest BCUT2D eigenvalue weighted by Crippen LogP contribution is -1.99. The van der Waals surface area contributed by atoms with Crippen LogP contribution in [0.4, 0.5) is 4.39 Å². The Morgan fingerprint density at radius 3 is 2.17 bits per heavy atom. The molecule has 0 saturated heterocycles. The molecule has 0 atom stereocenters. The van der Waals surface area contributed by atoms with Gasteiger partial charge in [-0.15, -0.1) is 0 Å². The molecule has 0 heterocycles. The molecule has 1 N–H and O–H groups in total. The van der Waals surface area contributed by atoms with E-state index >= 15 is 0 Å². The van der Waals surface area contributed by atoms with Crippen LogP contribution in [-0.2, 0) is 4.79 Å². The third kappa shape index (κ3) is 2.83. The van der Waals surface area contributed by atoms with Gasteiger partial charge in [0.25, 0.3) is 0 Å². The van der Waals surface area contributed by atoms with Crippen molar-refractivity contribution < 1.29 is 14.3 Å². The molecule has 18 heavy (non-hydrogen) atoms. The van der Waals surface area contributed by atoms with Gasteiger partial charge in [0.1, 0.15) is 5.82 Å². The summed E-state index contributed by atoms with van der Waals surface area (Å²) in [5.74, 6) is -1.42. The number of halogens is 1. The van der Waals surface area contributed by atoms with E-state index in [0.29, 0.717) is 5.56 Å². The van der Waals surface area contributed by atoms with Gasteiger partial charge in [-0.1, -0.05) is 42.5 Å². The zero-order chi connectivity index (χ0) is 13.0. The summed E-state index contributed by atoms with van der Waals surface area (Å²) >= 11 is 0. The second-order valence-corrected chi connectivity index (χ2v) is 3.78. The number of carboxylic acid groups (broad SMARTS) is 1. The smallest absolute Gasteiger partial charge is 0.336 e. The Balaban J connectivity index is 2.44. The van der Waals surface area contributed by atoms with Crippen LogP contribution in [-0.4, -0.2) is 11.1 Å². The minimum absolute atomic E-state index is 0.140. The number of rotatable bonds is 3. The van der Waals surface area contributed by atoms with E-state index in [4.69, 9.17) is 0 Å². The fraction of sp³-hybridized carbons (Fsp3) is 0. The third-order valence-corrected chi connectivity index (χ3v) is 2.50. The molecule has 0 unspecified atom stereocenters. The minimum atomic E-state index is -1.04. The van der Waals surface area contributed by atoms with Crippen molar-refractivity contribution in [1.82, 2.24) is 0 Å². The molecule has 0 spiro atoms. The number of carboxylic acids is 1. The first kappa shape index (κ1) is 12.0. The Morgan fingerprint density at radius 2 is 1.61 bits per heavy atom. The van der Waals surface area contributed by atoms with Crippen molar-refractivity contribution >= 4 is 17.6 Å². The Bertz CT molecular complexity index is 571. The van der Waals surface area contributed by atoms with Crippen molar-refractivity contribution in [2.45, 2.75) is 0 Å².